The van der Waals surface area contributed by atoms with Gasteiger partial charge in [0.15, 0.2) is 5.13 Å². The molecule has 0 aliphatic carbocycles. The summed E-state index contributed by atoms with van der Waals surface area (Å²) in [7, 11) is 0. The summed E-state index contributed by atoms with van der Waals surface area (Å²) in [5.41, 5.74) is 0.354. The molecule has 2 aromatic rings. The molecule has 0 radical (unpaired) electrons. The van der Waals surface area contributed by atoms with Crippen LogP contribution in [-0.4, -0.2) is 24.0 Å². The van der Waals surface area contributed by atoms with E-state index in [2.05, 4.69) is 15.6 Å². The van der Waals surface area contributed by atoms with E-state index in [0.29, 0.717) is 21.6 Å². The van der Waals surface area contributed by atoms with E-state index in [9.17, 15) is 4.79 Å². The molecule has 0 atom stereocenters. The largest absolute Gasteiger partial charge is 0.317 e. The Morgan fingerprint density at radius 3 is 2.86 bits per heavy atom. The fraction of sp³-hybridized carbons (Fsp3) is 0.333. The van der Waals surface area contributed by atoms with Crippen LogP contribution in [0.25, 0.3) is 0 Å². The summed E-state index contributed by atoms with van der Waals surface area (Å²) >= 11 is 13.5. The smallest absolute Gasteiger partial charge is 0.259 e. The molecule has 1 aromatic heterocycles. The van der Waals surface area contributed by atoms with Crippen molar-refractivity contribution in [3.63, 3.8) is 0 Å². The van der Waals surface area contributed by atoms with Crippen molar-refractivity contribution in [2.45, 2.75) is 18.8 Å². The van der Waals surface area contributed by atoms with Gasteiger partial charge in [-0.15, -0.1) is 11.3 Å². The van der Waals surface area contributed by atoms with Crippen molar-refractivity contribution in [2.75, 3.05) is 18.4 Å². The SMILES string of the molecule is O=C(Nc1ncc(C2CCNCC2)s1)c1cccc(Cl)c1Cl. The summed E-state index contributed by atoms with van der Waals surface area (Å²) in [5, 5.41) is 7.36. The van der Waals surface area contributed by atoms with Crippen LogP contribution in [0.4, 0.5) is 5.13 Å². The summed E-state index contributed by atoms with van der Waals surface area (Å²) in [6, 6.07) is 5.00. The quantitative estimate of drug-likeness (QED) is 0.868. The number of carbonyl (C=O) groups is 1. The normalized spacial score (nSPS) is 15.7. The molecule has 2 heterocycles. The van der Waals surface area contributed by atoms with Crippen LogP contribution in [0.5, 0.6) is 0 Å². The van der Waals surface area contributed by atoms with Gasteiger partial charge in [-0.2, -0.15) is 0 Å². The van der Waals surface area contributed by atoms with Crippen LogP contribution in [0.1, 0.15) is 34.0 Å². The van der Waals surface area contributed by atoms with Crippen molar-refractivity contribution in [2.24, 2.45) is 0 Å². The number of thiazole rings is 1. The van der Waals surface area contributed by atoms with Gasteiger partial charge < -0.3 is 5.32 Å². The predicted octanol–water partition coefficient (Wildman–Crippen LogP) is 4.17. The highest BCUT2D eigenvalue weighted by Gasteiger charge is 2.19. The van der Waals surface area contributed by atoms with E-state index in [-0.39, 0.29) is 10.9 Å². The first-order chi connectivity index (χ1) is 10.6. The maximum Gasteiger partial charge on any atom is 0.259 e. The number of nitrogens with zero attached hydrogens (tertiary/aromatic N) is 1. The molecule has 0 bridgehead atoms. The van der Waals surface area contributed by atoms with Gasteiger partial charge in [0.05, 0.1) is 15.6 Å². The van der Waals surface area contributed by atoms with Gasteiger partial charge in [0, 0.05) is 11.1 Å². The third kappa shape index (κ3) is 3.43. The third-order valence-electron chi connectivity index (χ3n) is 3.68. The number of rotatable bonds is 3. The Morgan fingerprint density at radius 2 is 2.09 bits per heavy atom. The lowest BCUT2D eigenvalue weighted by atomic mass is 9.97. The number of carbonyl (C=O) groups excluding carboxylic acids is 1. The fourth-order valence-corrected chi connectivity index (χ4v) is 3.85. The fourth-order valence-electron chi connectivity index (χ4n) is 2.48. The summed E-state index contributed by atoms with van der Waals surface area (Å²) in [5.74, 6) is 0.234. The lowest BCUT2D eigenvalue weighted by Crippen LogP contribution is -2.26. The average molecular weight is 356 g/mol. The molecule has 22 heavy (non-hydrogen) atoms. The minimum Gasteiger partial charge on any atom is -0.317 e. The average Bonchev–Trinajstić information content (AvgIpc) is 2.99. The van der Waals surface area contributed by atoms with Crippen LogP contribution >= 0.6 is 34.5 Å². The molecule has 1 fully saturated rings. The number of piperidine rings is 1. The van der Waals surface area contributed by atoms with Gasteiger partial charge in [-0.25, -0.2) is 4.98 Å². The van der Waals surface area contributed by atoms with Gasteiger partial charge in [0.2, 0.25) is 0 Å². The Labute approximate surface area is 142 Å². The molecule has 1 aliphatic heterocycles. The number of halogens is 2. The van der Waals surface area contributed by atoms with E-state index in [1.165, 1.54) is 16.2 Å². The monoisotopic (exact) mass is 355 g/mol. The lowest BCUT2D eigenvalue weighted by molar-refractivity contribution is 0.102. The molecule has 4 nitrogen and oxygen atoms in total. The zero-order valence-corrected chi connectivity index (χ0v) is 14.1. The number of aromatic nitrogens is 1. The van der Waals surface area contributed by atoms with Crippen LogP contribution < -0.4 is 10.6 Å². The van der Waals surface area contributed by atoms with Crippen LogP contribution in [0.2, 0.25) is 10.0 Å². The Kier molecular flexibility index (Phi) is 4.98. The Balaban J connectivity index is 1.72. The van der Waals surface area contributed by atoms with Gasteiger partial charge >= 0.3 is 0 Å². The summed E-state index contributed by atoms with van der Waals surface area (Å²) in [4.78, 5) is 17.8. The standard InChI is InChI=1S/C15H15Cl2N3OS/c16-11-3-1-2-10(13(11)17)14(21)20-15-19-8-12(22-15)9-4-6-18-7-5-9/h1-3,8-9,18H,4-7H2,(H,19,20,21). The van der Waals surface area contributed by atoms with Crippen molar-refractivity contribution >= 4 is 45.6 Å². The number of hydrogen-bond donors (Lipinski definition) is 2. The first-order valence-corrected chi connectivity index (χ1v) is 8.64. The molecule has 1 aromatic carbocycles. The molecule has 3 rings (SSSR count). The van der Waals surface area contributed by atoms with Gasteiger partial charge in [-0.3, -0.25) is 10.1 Å². The second-order valence-corrected chi connectivity index (χ2v) is 6.99. The predicted molar refractivity (Wildman–Crippen MR) is 91.4 cm³/mol. The third-order valence-corrected chi connectivity index (χ3v) is 5.58. The van der Waals surface area contributed by atoms with Crippen LogP contribution in [0.3, 0.4) is 0 Å². The highest BCUT2D eigenvalue weighted by Crippen LogP contribution is 2.32. The van der Waals surface area contributed by atoms with Crippen LogP contribution in [0, 0.1) is 0 Å². The van der Waals surface area contributed by atoms with Crippen molar-refractivity contribution in [1.82, 2.24) is 10.3 Å². The number of nitrogens with one attached hydrogen (secondary N) is 2. The maximum absolute atomic E-state index is 12.3. The molecule has 7 heteroatoms. The Bertz CT molecular complexity index is 683. The summed E-state index contributed by atoms with van der Waals surface area (Å²) in [6.07, 6.45) is 4.07. The van der Waals surface area contributed by atoms with E-state index in [4.69, 9.17) is 23.2 Å². The van der Waals surface area contributed by atoms with E-state index >= 15 is 0 Å². The molecule has 0 unspecified atom stereocenters. The molecule has 0 saturated carbocycles. The van der Waals surface area contributed by atoms with Gasteiger partial charge in [-0.1, -0.05) is 29.3 Å². The number of hydrogen-bond acceptors (Lipinski definition) is 4. The summed E-state index contributed by atoms with van der Waals surface area (Å²) in [6.45, 7) is 2.06. The first kappa shape index (κ1) is 15.7. The van der Waals surface area contributed by atoms with Crippen LogP contribution in [-0.2, 0) is 0 Å². The molecular weight excluding hydrogens is 341 g/mol. The van der Waals surface area contributed by atoms with Crippen molar-refractivity contribution in [3.05, 3.63) is 44.9 Å². The second-order valence-electron chi connectivity index (χ2n) is 5.15. The number of benzene rings is 1. The number of anilines is 1. The molecular formula is C15H15Cl2N3OS. The van der Waals surface area contributed by atoms with Crippen molar-refractivity contribution < 1.29 is 4.79 Å². The van der Waals surface area contributed by atoms with Crippen molar-refractivity contribution in [3.8, 4) is 0 Å². The minimum absolute atomic E-state index is 0.261. The van der Waals surface area contributed by atoms with Gasteiger partial charge in [0.1, 0.15) is 0 Å². The topological polar surface area (TPSA) is 54.0 Å². The number of amides is 1. The molecule has 1 amide bonds. The summed E-state index contributed by atoms with van der Waals surface area (Å²) < 4.78 is 0. The highest BCUT2D eigenvalue weighted by molar-refractivity contribution is 7.15. The lowest BCUT2D eigenvalue weighted by Gasteiger charge is -2.20. The molecule has 0 spiro atoms. The molecule has 2 N–H and O–H groups in total. The second kappa shape index (κ2) is 6.96. The highest BCUT2D eigenvalue weighted by atomic mass is 35.5. The molecule has 1 saturated heterocycles. The van der Waals surface area contributed by atoms with E-state index in [1.54, 1.807) is 18.2 Å². The van der Waals surface area contributed by atoms with E-state index < -0.39 is 0 Å². The maximum atomic E-state index is 12.3. The van der Waals surface area contributed by atoms with Gasteiger partial charge in [0.25, 0.3) is 5.91 Å². The van der Waals surface area contributed by atoms with Gasteiger partial charge in [-0.05, 0) is 44.0 Å². The molecule has 1 aliphatic rings. The zero-order valence-electron chi connectivity index (χ0n) is 11.7. The first-order valence-electron chi connectivity index (χ1n) is 7.07. The van der Waals surface area contributed by atoms with E-state index in [0.717, 1.165) is 25.9 Å². The van der Waals surface area contributed by atoms with E-state index in [1.807, 2.05) is 6.20 Å². The minimum atomic E-state index is -0.293. The Hall–Kier alpha value is -1.14. The zero-order chi connectivity index (χ0) is 15.5. The van der Waals surface area contributed by atoms with Crippen LogP contribution in [0.15, 0.2) is 24.4 Å². The molecule has 116 valence electrons. The Morgan fingerprint density at radius 1 is 1.32 bits per heavy atom. The van der Waals surface area contributed by atoms with Crippen molar-refractivity contribution in [1.29, 1.82) is 0 Å².